The molecule has 1 aliphatic rings. The molecule has 0 fully saturated rings. The van der Waals surface area contributed by atoms with Crippen LogP contribution in [0.25, 0.3) is 0 Å². The lowest BCUT2D eigenvalue weighted by atomic mass is 10.1. The maximum absolute atomic E-state index is 12.1. The Balaban J connectivity index is 2.15. The van der Waals surface area contributed by atoms with E-state index in [0.717, 1.165) is 0 Å². The van der Waals surface area contributed by atoms with E-state index < -0.39 is 0 Å². The second-order valence-electron chi connectivity index (χ2n) is 4.22. The SMILES string of the molecule is CC(CCO)NC(=O)c1cccc2c1OCCO2. The minimum absolute atomic E-state index is 0.0496. The number of aliphatic hydroxyl groups is 1. The van der Waals surface area contributed by atoms with Gasteiger partial charge >= 0.3 is 0 Å². The second kappa shape index (κ2) is 5.73. The number of para-hydroxylation sites is 1. The van der Waals surface area contributed by atoms with E-state index in [9.17, 15) is 4.79 Å². The van der Waals surface area contributed by atoms with Gasteiger partial charge in [0.1, 0.15) is 13.2 Å². The number of hydrogen-bond acceptors (Lipinski definition) is 4. The van der Waals surface area contributed by atoms with Crippen LogP contribution in [0, 0.1) is 0 Å². The van der Waals surface area contributed by atoms with E-state index in [1.165, 1.54) is 0 Å². The summed E-state index contributed by atoms with van der Waals surface area (Å²) >= 11 is 0. The van der Waals surface area contributed by atoms with Crippen molar-refractivity contribution in [1.82, 2.24) is 5.32 Å². The summed E-state index contributed by atoms with van der Waals surface area (Å²) in [5.41, 5.74) is 0.469. The topological polar surface area (TPSA) is 67.8 Å². The summed E-state index contributed by atoms with van der Waals surface area (Å²) in [5.74, 6) is 0.888. The van der Waals surface area contributed by atoms with Crippen molar-refractivity contribution in [1.29, 1.82) is 0 Å². The largest absolute Gasteiger partial charge is 0.486 e. The van der Waals surface area contributed by atoms with Crippen LogP contribution in [0.3, 0.4) is 0 Å². The molecule has 0 bridgehead atoms. The molecule has 0 saturated heterocycles. The number of hydrogen-bond donors (Lipinski definition) is 2. The van der Waals surface area contributed by atoms with E-state index in [2.05, 4.69) is 5.32 Å². The van der Waals surface area contributed by atoms with E-state index in [-0.39, 0.29) is 18.6 Å². The molecule has 1 aromatic carbocycles. The van der Waals surface area contributed by atoms with Gasteiger partial charge in [0, 0.05) is 12.6 Å². The molecular formula is C13H17NO4. The molecule has 2 rings (SSSR count). The van der Waals surface area contributed by atoms with E-state index in [1.54, 1.807) is 18.2 Å². The number of ether oxygens (including phenoxy) is 2. The fraction of sp³-hybridized carbons (Fsp3) is 0.462. The lowest BCUT2D eigenvalue weighted by molar-refractivity contribution is 0.0923. The van der Waals surface area contributed by atoms with Crippen LogP contribution in [0.5, 0.6) is 11.5 Å². The molecule has 18 heavy (non-hydrogen) atoms. The molecule has 5 nitrogen and oxygen atoms in total. The van der Waals surface area contributed by atoms with Crippen molar-refractivity contribution in [2.45, 2.75) is 19.4 Å². The molecule has 98 valence electrons. The number of rotatable bonds is 4. The van der Waals surface area contributed by atoms with Gasteiger partial charge in [0.15, 0.2) is 11.5 Å². The number of carbonyl (C=O) groups is 1. The fourth-order valence-electron chi connectivity index (χ4n) is 1.82. The molecule has 1 amide bonds. The molecule has 0 aliphatic carbocycles. The standard InChI is InChI=1S/C13H17NO4/c1-9(5-6-15)14-13(16)10-3-2-4-11-12(10)18-8-7-17-11/h2-4,9,15H,5-8H2,1H3,(H,14,16). The highest BCUT2D eigenvalue weighted by atomic mass is 16.6. The number of fused-ring (bicyclic) bond motifs is 1. The molecule has 5 heteroatoms. The van der Waals surface area contributed by atoms with Crippen molar-refractivity contribution in [2.24, 2.45) is 0 Å². The number of carbonyl (C=O) groups excluding carboxylic acids is 1. The van der Waals surface area contributed by atoms with Crippen molar-refractivity contribution in [3.05, 3.63) is 23.8 Å². The smallest absolute Gasteiger partial charge is 0.255 e. The highest BCUT2D eigenvalue weighted by Crippen LogP contribution is 2.33. The van der Waals surface area contributed by atoms with Gasteiger partial charge in [-0.2, -0.15) is 0 Å². The van der Waals surface area contributed by atoms with Gasteiger partial charge in [0.05, 0.1) is 5.56 Å². The molecule has 0 spiro atoms. The van der Waals surface area contributed by atoms with Gasteiger partial charge in [-0.25, -0.2) is 0 Å². The minimum atomic E-state index is -0.210. The summed E-state index contributed by atoms with van der Waals surface area (Å²) in [7, 11) is 0. The van der Waals surface area contributed by atoms with Crippen LogP contribution in [-0.4, -0.2) is 36.9 Å². The fourth-order valence-corrected chi connectivity index (χ4v) is 1.82. The lowest BCUT2D eigenvalue weighted by Crippen LogP contribution is -2.33. The van der Waals surface area contributed by atoms with Gasteiger partial charge < -0.3 is 19.9 Å². The van der Waals surface area contributed by atoms with Crippen LogP contribution in [0.4, 0.5) is 0 Å². The summed E-state index contributed by atoms with van der Waals surface area (Å²) in [4.78, 5) is 12.1. The highest BCUT2D eigenvalue weighted by molar-refractivity contribution is 5.98. The Morgan fingerprint density at radius 3 is 3.00 bits per heavy atom. The van der Waals surface area contributed by atoms with Gasteiger partial charge in [0.25, 0.3) is 5.91 Å². The monoisotopic (exact) mass is 251 g/mol. The van der Waals surface area contributed by atoms with Gasteiger partial charge in [-0.15, -0.1) is 0 Å². The van der Waals surface area contributed by atoms with Crippen molar-refractivity contribution >= 4 is 5.91 Å². The molecule has 0 radical (unpaired) electrons. The quantitative estimate of drug-likeness (QED) is 0.836. The summed E-state index contributed by atoms with van der Waals surface area (Å²) < 4.78 is 10.9. The Hall–Kier alpha value is -1.75. The first-order chi connectivity index (χ1) is 8.72. The van der Waals surface area contributed by atoms with Gasteiger partial charge in [-0.05, 0) is 25.5 Å². The van der Waals surface area contributed by atoms with Crippen molar-refractivity contribution in [3.63, 3.8) is 0 Å². The van der Waals surface area contributed by atoms with Crippen LogP contribution in [0.15, 0.2) is 18.2 Å². The molecule has 1 unspecified atom stereocenters. The number of benzene rings is 1. The predicted molar refractivity (Wildman–Crippen MR) is 66.1 cm³/mol. The normalized spacial score (nSPS) is 15.0. The summed E-state index contributed by atoms with van der Waals surface area (Å²) in [6.07, 6.45) is 0.526. The van der Waals surface area contributed by atoms with Crippen molar-refractivity contribution < 1.29 is 19.4 Å². The molecule has 1 heterocycles. The van der Waals surface area contributed by atoms with Gasteiger partial charge in [0.2, 0.25) is 0 Å². The Morgan fingerprint density at radius 1 is 1.44 bits per heavy atom. The minimum Gasteiger partial charge on any atom is -0.486 e. The summed E-state index contributed by atoms with van der Waals surface area (Å²) in [6.45, 7) is 2.84. The first kappa shape index (κ1) is 12.7. The first-order valence-electron chi connectivity index (χ1n) is 6.02. The van der Waals surface area contributed by atoms with Crippen LogP contribution >= 0.6 is 0 Å². The number of amides is 1. The molecule has 1 aliphatic heterocycles. The maximum Gasteiger partial charge on any atom is 0.255 e. The van der Waals surface area contributed by atoms with Gasteiger partial charge in [-0.1, -0.05) is 6.07 Å². The highest BCUT2D eigenvalue weighted by Gasteiger charge is 2.20. The zero-order chi connectivity index (χ0) is 13.0. The van der Waals surface area contributed by atoms with Crippen molar-refractivity contribution in [2.75, 3.05) is 19.8 Å². The van der Waals surface area contributed by atoms with Crippen LogP contribution in [0.2, 0.25) is 0 Å². The van der Waals surface area contributed by atoms with Crippen LogP contribution in [0.1, 0.15) is 23.7 Å². The number of nitrogens with one attached hydrogen (secondary N) is 1. The first-order valence-corrected chi connectivity index (χ1v) is 6.02. The van der Waals surface area contributed by atoms with Gasteiger partial charge in [-0.3, -0.25) is 4.79 Å². The summed E-state index contributed by atoms with van der Waals surface area (Å²) in [5, 5.41) is 11.6. The second-order valence-corrected chi connectivity index (χ2v) is 4.22. The molecule has 1 atom stereocenters. The molecular weight excluding hydrogens is 234 g/mol. The Kier molecular flexibility index (Phi) is 4.04. The van der Waals surface area contributed by atoms with Crippen molar-refractivity contribution in [3.8, 4) is 11.5 Å². The maximum atomic E-state index is 12.1. The number of aliphatic hydroxyl groups excluding tert-OH is 1. The van der Waals surface area contributed by atoms with E-state index in [4.69, 9.17) is 14.6 Å². The third kappa shape index (κ3) is 2.73. The average molecular weight is 251 g/mol. The third-order valence-corrected chi connectivity index (χ3v) is 2.75. The van der Waals surface area contributed by atoms with Crippen LogP contribution in [-0.2, 0) is 0 Å². The molecule has 0 saturated carbocycles. The Bertz CT molecular complexity index is 433. The van der Waals surface area contributed by atoms with E-state index in [1.807, 2.05) is 6.92 Å². The molecule has 1 aromatic rings. The Labute approximate surface area is 106 Å². The van der Waals surface area contributed by atoms with Crippen LogP contribution < -0.4 is 14.8 Å². The summed E-state index contributed by atoms with van der Waals surface area (Å²) in [6, 6.07) is 5.17. The predicted octanol–water partition coefficient (Wildman–Crippen LogP) is 0.959. The molecule has 2 N–H and O–H groups in total. The average Bonchev–Trinajstić information content (AvgIpc) is 2.38. The zero-order valence-electron chi connectivity index (χ0n) is 10.3. The van der Waals surface area contributed by atoms with E-state index in [0.29, 0.717) is 36.7 Å². The van der Waals surface area contributed by atoms with E-state index >= 15 is 0 Å². The lowest BCUT2D eigenvalue weighted by Gasteiger charge is -2.21. The Morgan fingerprint density at radius 2 is 2.22 bits per heavy atom. The zero-order valence-corrected chi connectivity index (χ0v) is 10.3. The third-order valence-electron chi connectivity index (χ3n) is 2.75. The molecule has 0 aromatic heterocycles.